The highest BCUT2D eigenvalue weighted by molar-refractivity contribution is 5.92. The zero-order valence-corrected chi connectivity index (χ0v) is 15.5. The third kappa shape index (κ3) is 5.13. The lowest BCUT2D eigenvalue weighted by molar-refractivity contribution is -0.384. The molecule has 0 bridgehead atoms. The van der Waals surface area contributed by atoms with E-state index in [1.54, 1.807) is 12.1 Å². The summed E-state index contributed by atoms with van der Waals surface area (Å²) in [5, 5.41) is 13.5. The number of carbonyl (C=O) groups is 1. The lowest BCUT2D eigenvalue weighted by Gasteiger charge is -2.31. The minimum atomic E-state index is -0.455. The molecule has 1 saturated heterocycles. The van der Waals surface area contributed by atoms with Crippen molar-refractivity contribution in [3.63, 3.8) is 0 Å². The number of amides is 1. The van der Waals surface area contributed by atoms with E-state index in [0.29, 0.717) is 18.2 Å². The maximum atomic E-state index is 12.2. The number of aromatic nitrogens is 2. The number of carbonyl (C=O) groups excluding carboxylic acids is 1. The quantitative estimate of drug-likeness (QED) is 0.597. The smallest absolute Gasteiger partial charge is 0.269 e. The van der Waals surface area contributed by atoms with E-state index in [2.05, 4.69) is 26.7 Å². The Morgan fingerprint density at radius 3 is 2.63 bits per heavy atom. The number of piperidine rings is 1. The maximum absolute atomic E-state index is 12.2. The Balaban J connectivity index is 1.43. The molecule has 1 fully saturated rings. The summed E-state index contributed by atoms with van der Waals surface area (Å²) >= 11 is 0. The number of nitro groups is 1. The van der Waals surface area contributed by atoms with Gasteiger partial charge in [-0.2, -0.15) is 0 Å². The number of hydrogen-bond donors (Lipinski definition) is 1. The number of aryl methyl sites for hydroxylation is 1. The van der Waals surface area contributed by atoms with Gasteiger partial charge in [0.25, 0.3) is 5.69 Å². The van der Waals surface area contributed by atoms with Gasteiger partial charge in [-0.3, -0.25) is 19.8 Å². The second-order valence-corrected chi connectivity index (χ2v) is 6.92. The van der Waals surface area contributed by atoms with Crippen molar-refractivity contribution < 1.29 is 9.72 Å². The highest BCUT2D eigenvalue weighted by Gasteiger charge is 2.21. The van der Waals surface area contributed by atoms with Crippen LogP contribution in [0, 0.1) is 16.0 Å². The molecule has 0 radical (unpaired) electrons. The van der Waals surface area contributed by atoms with Crippen LogP contribution in [0.3, 0.4) is 0 Å². The van der Waals surface area contributed by atoms with Crippen LogP contribution in [0.25, 0.3) is 0 Å². The van der Waals surface area contributed by atoms with Gasteiger partial charge in [0.1, 0.15) is 5.82 Å². The van der Waals surface area contributed by atoms with Crippen molar-refractivity contribution in [2.24, 2.45) is 5.92 Å². The van der Waals surface area contributed by atoms with Gasteiger partial charge in [-0.25, -0.2) is 4.98 Å². The summed E-state index contributed by atoms with van der Waals surface area (Å²) in [5.41, 5.74) is 0.590. The van der Waals surface area contributed by atoms with Crippen molar-refractivity contribution >= 4 is 17.3 Å². The minimum Gasteiger partial charge on any atom is -0.335 e. The van der Waals surface area contributed by atoms with Crippen LogP contribution in [0.2, 0.25) is 0 Å². The van der Waals surface area contributed by atoms with Crippen LogP contribution in [0.4, 0.5) is 11.4 Å². The number of likely N-dealkylation sites (tertiary alicyclic amines) is 1. The normalized spacial score (nSPS) is 15.6. The number of rotatable bonds is 7. The van der Waals surface area contributed by atoms with Gasteiger partial charge in [0.15, 0.2) is 0 Å². The third-order valence-electron chi connectivity index (χ3n) is 5.01. The molecule has 1 aromatic heterocycles. The summed E-state index contributed by atoms with van der Waals surface area (Å²) < 4.78 is 2.24. The summed E-state index contributed by atoms with van der Waals surface area (Å²) in [7, 11) is 0. The molecule has 1 N–H and O–H groups in total. The van der Waals surface area contributed by atoms with E-state index in [-0.39, 0.29) is 11.6 Å². The second-order valence-electron chi connectivity index (χ2n) is 6.92. The lowest BCUT2D eigenvalue weighted by atomic mass is 9.96. The topological polar surface area (TPSA) is 93.3 Å². The molecule has 8 heteroatoms. The summed E-state index contributed by atoms with van der Waals surface area (Å²) in [4.78, 5) is 29.0. The van der Waals surface area contributed by atoms with Gasteiger partial charge in [-0.05, 0) is 44.0 Å². The Morgan fingerprint density at radius 1 is 1.30 bits per heavy atom. The van der Waals surface area contributed by atoms with Gasteiger partial charge in [-0.1, -0.05) is 6.92 Å². The number of anilines is 1. The van der Waals surface area contributed by atoms with Crippen LogP contribution in [0.1, 0.15) is 25.6 Å². The van der Waals surface area contributed by atoms with Gasteiger partial charge in [0.05, 0.1) is 11.5 Å². The molecule has 1 amide bonds. The maximum Gasteiger partial charge on any atom is 0.269 e. The molecule has 0 spiro atoms. The standard InChI is InChI=1S/C19H25N5O3/c1-2-18-20-9-12-23(18)13-15-7-10-22(11-8-15)14-19(25)21-16-3-5-17(6-4-16)24(26)27/h3-6,9,12,15H,2,7-8,10-11,13-14H2,1H3,(H,21,25). The van der Waals surface area contributed by atoms with Gasteiger partial charge < -0.3 is 9.88 Å². The molecule has 2 aromatic rings. The molecule has 0 aliphatic carbocycles. The molecule has 8 nitrogen and oxygen atoms in total. The molecule has 27 heavy (non-hydrogen) atoms. The Bertz CT molecular complexity index is 779. The van der Waals surface area contributed by atoms with Crippen LogP contribution in [0.15, 0.2) is 36.7 Å². The van der Waals surface area contributed by atoms with Crippen LogP contribution in [-0.2, 0) is 17.8 Å². The summed E-state index contributed by atoms with van der Waals surface area (Å²) in [5.74, 6) is 1.64. The van der Waals surface area contributed by atoms with E-state index in [4.69, 9.17) is 0 Å². The highest BCUT2D eigenvalue weighted by Crippen LogP contribution is 2.20. The number of non-ortho nitro benzene ring substituents is 1. The van der Waals surface area contributed by atoms with E-state index in [1.807, 2.05) is 12.4 Å². The van der Waals surface area contributed by atoms with Gasteiger partial charge >= 0.3 is 0 Å². The molecule has 0 atom stereocenters. The number of nitrogens with one attached hydrogen (secondary N) is 1. The van der Waals surface area contributed by atoms with Crippen LogP contribution in [-0.4, -0.2) is 44.9 Å². The number of imidazole rings is 1. The first-order valence-electron chi connectivity index (χ1n) is 9.32. The Hall–Kier alpha value is -2.74. The number of nitrogens with zero attached hydrogens (tertiary/aromatic N) is 4. The highest BCUT2D eigenvalue weighted by atomic mass is 16.6. The molecular weight excluding hydrogens is 346 g/mol. The first kappa shape index (κ1) is 19.0. The molecular formula is C19H25N5O3. The zero-order chi connectivity index (χ0) is 19.2. The minimum absolute atomic E-state index is 0.0131. The second kappa shape index (κ2) is 8.77. The summed E-state index contributed by atoms with van der Waals surface area (Å²) in [6.07, 6.45) is 6.96. The Kier molecular flexibility index (Phi) is 6.18. The van der Waals surface area contributed by atoms with E-state index in [1.165, 1.54) is 12.1 Å². The molecule has 144 valence electrons. The lowest BCUT2D eigenvalue weighted by Crippen LogP contribution is -2.40. The molecule has 0 unspecified atom stereocenters. The van der Waals surface area contributed by atoms with Crippen LogP contribution in [0.5, 0.6) is 0 Å². The molecule has 1 aromatic carbocycles. The van der Waals surface area contributed by atoms with Crippen molar-refractivity contribution in [2.45, 2.75) is 32.7 Å². The van der Waals surface area contributed by atoms with Crippen molar-refractivity contribution in [2.75, 3.05) is 25.0 Å². The molecule has 1 aliphatic rings. The predicted octanol–water partition coefficient (Wildman–Crippen LogP) is 2.70. The molecule has 1 aliphatic heterocycles. The summed E-state index contributed by atoms with van der Waals surface area (Å²) in [6.45, 7) is 5.25. The zero-order valence-electron chi connectivity index (χ0n) is 15.5. The van der Waals surface area contributed by atoms with Crippen molar-refractivity contribution in [1.29, 1.82) is 0 Å². The van der Waals surface area contributed by atoms with E-state index >= 15 is 0 Å². The Morgan fingerprint density at radius 2 is 2.00 bits per heavy atom. The fourth-order valence-electron chi connectivity index (χ4n) is 3.50. The number of nitro benzene ring substituents is 1. The third-order valence-corrected chi connectivity index (χ3v) is 5.01. The van der Waals surface area contributed by atoms with E-state index in [0.717, 1.165) is 44.7 Å². The van der Waals surface area contributed by atoms with Crippen LogP contribution >= 0.6 is 0 Å². The van der Waals surface area contributed by atoms with Gasteiger partial charge in [-0.15, -0.1) is 0 Å². The molecule has 3 rings (SSSR count). The van der Waals surface area contributed by atoms with Crippen LogP contribution < -0.4 is 5.32 Å². The molecule has 0 saturated carbocycles. The van der Waals surface area contributed by atoms with Gasteiger partial charge in [0.2, 0.25) is 5.91 Å². The number of benzene rings is 1. The summed E-state index contributed by atoms with van der Waals surface area (Å²) in [6, 6.07) is 5.89. The van der Waals surface area contributed by atoms with Crippen molar-refractivity contribution in [3.8, 4) is 0 Å². The fraction of sp³-hybridized carbons (Fsp3) is 0.474. The first-order valence-corrected chi connectivity index (χ1v) is 9.32. The van der Waals surface area contributed by atoms with Crippen molar-refractivity contribution in [3.05, 3.63) is 52.6 Å². The molecule has 2 heterocycles. The largest absolute Gasteiger partial charge is 0.335 e. The van der Waals surface area contributed by atoms with E-state index in [9.17, 15) is 14.9 Å². The fourth-order valence-corrected chi connectivity index (χ4v) is 3.50. The first-order chi connectivity index (χ1) is 13.0. The van der Waals surface area contributed by atoms with E-state index < -0.39 is 4.92 Å². The average Bonchev–Trinajstić information content (AvgIpc) is 3.11. The van der Waals surface area contributed by atoms with Gasteiger partial charge in [0, 0.05) is 43.2 Å². The Labute approximate surface area is 158 Å². The predicted molar refractivity (Wildman–Crippen MR) is 102 cm³/mol. The average molecular weight is 371 g/mol. The monoisotopic (exact) mass is 371 g/mol. The SMILES string of the molecule is CCc1nccn1CC1CCN(CC(=O)Nc2ccc([N+](=O)[O-])cc2)CC1. The van der Waals surface area contributed by atoms with Crippen molar-refractivity contribution in [1.82, 2.24) is 14.5 Å². The number of hydrogen-bond acceptors (Lipinski definition) is 5.